The highest BCUT2D eigenvalue weighted by molar-refractivity contribution is 9.10. The minimum atomic E-state index is 0.311. The standard InChI is InChI=1S/C17H19BrClN/c1-2-9-20-17(14-6-4-7-15(18)12-14)11-13-5-3-8-16(19)10-13/h3-8,10,12,17,20H,2,9,11H2,1H3. The summed E-state index contributed by atoms with van der Waals surface area (Å²) in [7, 11) is 0. The summed E-state index contributed by atoms with van der Waals surface area (Å²) in [5.41, 5.74) is 2.55. The van der Waals surface area contributed by atoms with Crippen LogP contribution in [-0.2, 0) is 6.42 Å². The lowest BCUT2D eigenvalue weighted by Gasteiger charge is -2.19. The van der Waals surface area contributed by atoms with E-state index in [4.69, 9.17) is 11.6 Å². The zero-order valence-electron chi connectivity index (χ0n) is 11.6. The van der Waals surface area contributed by atoms with Gasteiger partial charge in [-0.2, -0.15) is 0 Å². The van der Waals surface area contributed by atoms with Crippen molar-refractivity contribution in [3.8, 4) is 0 Å². The Hall–Kier alpha value is -0.830. The lowest BCUT2D eigenvalue weighted by atomic mass is 9.99. The van der Waals surface area contributed by atoms with Crippen LogP contribution in [0.4, 0.5) is 0 Å². The van der Waals surface area contributed by atoms with Crippen LogP contribution in [0.2, 0.25) is 5.02 Å². The highest BCUT2D eigenvalue weighted by Gasteiger charge is 2.12. The second-order valence-electron chi connectivity index (χ2n) is 4.90. The van der Waals surface area contributed by atoms with Gasteiger partial charge in [-0.15, -0.1) is 0 Å². The molecule has 1 atom stereocenters. The number of benzene rings is 2. The molecule has 0 spiro atoms. The average molecular weight is 353 g/mol. The number of halogens is 2. The molecule has 0 aliphatic heterocycles. The number of rotatable bonds is 6. The topological polar surface area (TPSA) is 12.0 Å². The Morgan fingerprint density at radius 1 is 1.15 bits per heavy atom. The van der Waals surface area contributed by atoms with Gasteiger partial charge in [0.15, 0.2) is 0 Å². The van der Waals surface area contributed by atoms with Crippen LogP contribution >= 0.6 is 27.5 Å². The van der Waals surface area contributed by atoms with E-state index in [-0.39, 0.29) is 0 Å². The molecule has 20 heavy (non-hydrogen) atoms. The molecule has 0 bridgehead atoms. The van der Waals surface area contributed by atoms with Gasteiger partial charge in [-0.3, -0.25) is 0 Å². The van der Waals surface area contributed by atoms with Crippen molar-refractivity contribution in [2.75, 3.05) is 6.54 Å². The van der Waals surface area contributed by atoms with Gasteiger partial charge in [-0.1, -0.05) is 58.7 Å². The predicted octanol–water partition coefficient (Wildman–Crippen LogP) is 5.39. The van der Waals surface area contributed by atoms with Gasteiger partial charge in [-0.05, 0) is 54.8 Å². The Balaban J connectivity index is 2.19. The van der Waals surface area contributed by atoms with Gasteiger partial charge in [-0.25, -0.2) is 0 Å². The van der Waals surface area contributed by atoms with Crippen LogP contribution < -0.4 is 5.32 Å². The van der Waals surface area contributed by atoms with Crippen molar-refractivity contribution in [3.63, 3.8) is 0 Å². The number of hydrogen-bond donors (Lipinski definition) is 1. The van der Waals surface area contributed by atoms with E-state index in [0.717, 1.165) is 28.9 Å². The largest absolute Gasteiger partial charge is 0.310 e. The molecular formula is C17H19BrClN. The smallest absolute Gasteiger partial charge is 0.0408 e. The molecule has 0 saturated carbocycles. The fourth-order valence-electron chi connectivity index (χ4n) is 2.25. The highest BCUT2D eigenvalue weighted by atomic mass is 79.9. The molecule has 0 heterocycles. The second-order valence-corrected chi connectivity index (χ2v) is 6.25. The maximum absolute atomic E-state index is 6.08. The first kappa shape index (κ1) is 15.6. The van der Waals surface area contributed by atoms with E-state index >= 15 is 0 Å². The number of nitrogens with one attached hydrogen (secondary N) is 1. The van der Waals surface area contributed by atoms with E-state index in [2.05, 4.69) is 58.5 Å². The first-order valence-corrected chi connectivity index (χ1v) is 8.09. The molecule has 0 fully saturated rings. The van der Waals surface area contributed by atoms with Gasteiger partial charge in [0.25, 0.3) is 0 Å². The Kier molecular flexibility index (Phi) is 6.08. The first-order valence-electron chi connectivity index (χ1n) is 6.92. The molecule has 106 valence electrons. The van der Waals surface area contributed by atoms with Gasteiger partial charge in [0, 0.05) is 15.5 Å². The third kappa shape index (κ3) is 4.62. The maximum Gasteiger partial charge on any atom is 0.0408 e. The SMILES string of the molecule is CCCNC(Cc1cccc(Cl)c1)c1cccc(Br)c1. The third-order valence-corrected chi connectivity index (χ3v) is 3.95. The van der Waals surface area contributed by atoms with Crippen molar-refractivity contribution < 1.29 is 0 Å². The molecule has 0 aromatic heterocycles. The summed E-state index contributed by atoms with van der Waals surface area (Å²) in [6.07, 6.45) is 2.07. The van der Waals surface area contributed by atoms with E-state index in [1.54, 1.807) is 0 Å². The second kappa shape index (κ2) is 7.82. The Morgan fingerprint density at radius 2 is 1.95 bits per heavy atom. The average Bonchev–Trinajstić information content (AvgIpc) is 2.43. The van der Waals surface area contributed by atoms with Crippen molar-refractivity contribution >= 4 is 27.5 Å². The Bertz CT molecular complexity index is 556. The van der Waals surface area contributed by atoms with Gasteiger partial charge in [0.05, 0.1) is 0 Å². The molecule has 2 aromatic carbocycles. The quantitative estimate of drug-likeness (QED) is 0.735. The molecule has 0 aliphatic carbocycles. The molecule has 0 radical (unpaired) electrons. The zero-order chi connectivity index (χ0) is 14.4. The lowest BCUT2D eigenvalue weighted by Crippen LogP contribution is -2.24. The molecular weight excluding hydrogens is 334 g/mol. The van der Waals surface area contributed by atoms with Crippen molar-refractivity contribution in [1.29, 1.82) is 0 Å². The van der Waals surface area contributed by atoms with E-state index in [1.165, 1.54) is 11.1 Å². The summed E-state index contributed by atoms with van der Waals surface area (Å²) in [6.45, 7) is 3.20. The normalized spacial score (nSPS) is 12.3. The van der Waals surface area contributed by atoms with E-state index in [9.17, 15) is 0 Å². The Morgan fingerprint density at radius 3 is 2.65 bits per heavy atom. The summed E-state index contributed by atoms with van der Waals surface area (Å²) in [4.78, 5) is 0. The van der Waals surface area contributed by atoms with Crippen LogP contribution in [-0.4, -0.2) is 6.54 Å². The van der Waals surface area contributed by atoms with Crippen molar-refractivity contribution in [2.24, 2.45) is 0 Å². The predicted molar refractivity (Wildman–Crippen MR) is 90.3 cm³/mol. The van der Waals surface area contributed by atoms with Gasteiger partial charge in [0.1, 0.15) is 0 Å². The molecule has 3 heteroatoms. The van der Waals surface area contributed by atoms with Crippen molar-refractivity contribution in [3.05, 3.63) is 69.2 Å². The Labute approximate surface area is 134 Å². The number of hydrogen-bond acceptors (Lipinski definition) is 1. The van der Waals surface area contributed by atoms with Crippen LogP contribution in [0, 0.1) is 0 Å². The van der Waals surface area contributed by atoms with Gasteiger partial charge < -0.3 is 5.32 Å². The van der Waals surface area contributed by atoms with E-state index in [1.807, 2.05) is 18.2 Å². The van der Waals surface area contributed by atoms with Crippen LogP contribution in [0.5, 0.6) is 0 Å². The molecule has 0 amide bonds. The summed E-state index contributed by atoms with van der Waals surface area (Å²) >= 11 is 9.62. The lowest BCUT2D eigenvalue weighted by molar-refractivity contribution is 0.529. The van der Waals surface area contributed by atoms with Crippen molar-refractivity contribution in [1.82, 2.24) is 5.32 Å². The third-order valence-electron chi connectivity index (χ3n) is 3.22. The summed E-state index contributed by atoms with van der Waals surface area (Å²) in [5, 5.41) is 4.41. The fraction of sp³-hybridized carbons (Fsp3) is 0.294. The molecule has 0 saturated heterocycles. The highest BCUT2D eigenvalue weighted by Crippen LogP contribution is 2.23. The van der Waals surface area contributed by atoms with Gasteiger partial charge in [0.2, 0.25) is 0 Å². The first-order chi connectivity index (χ1) is 9.69. The fourth-order valence-corrected chi connectivity index (χ4v) is 2.88. The molecule has 1 unspecified atom stereocenters. The van der Waals surface area contributed by atoms with E-state index < -0.39 is 0 Å². The molecule has 2 aromatic rings. The van der Waals surface area contributed by atoms with Crippen LogP contribution in [0.1, 0.15) is 30.5 Å². The maximum atomic E-state index is 6.08. The molecule has 1 N–H and O–H groups in total. The minimum Gasteiger partial charge on any atom is -0.310 e. The van der Waals surface area contributed by atoms with E-state index in [0.29, 0.717) is 6.04 Å². The monoisotopic (exact) mass is 351 g/mol. The molecule has 2 rings (SSSR count). The van der Waals surface area contributed by atoms with Gasteiger partial charge >= 0.3 is 0 Å². The summed E-state index contributed by atoms with van der Waals surface area (Å²) in [5.74, 6) is 0. The summed E-state index contributed by atoms with van der Waals surface area (Å²) < 4.78 is 1.12. The summed E-state index contributed by atoms with van der Waals surface area (Å²) in [6, 6.07) is 16.9. The molecule has 0 aliphatic rings. The minimum absolute atomic E-state index is 0.311. The van der Waals surface area contributed by atoms with Crippen molar-refractivity contribution in [2.45, 2.75) is 25.8 Å². The zero-order valence-corrected chi connectivity index (χ0v) is 13.9. The molecule has 1 nitrogen and oxygen atoms in total. The van der Waals surface area contributed by atoms with Crippen LogP contribution in [0.25, 0.3) is 0 Å². The van der Waals surface area contributed by atoms with Crippen LogP contribution in [0.15, 0.2) is 53.0 Å². The van der Waals surface area contributed by atoms with Crippen LogP contribution in [0.3, 0.4) is 0 Å².